The highest BCUT2D eigenvalue weighted by atomic mass is 32.1. The number of nitrogens with two attached hydrogens (primary N) is 1. The van der Waals surface area contributed by atoms with Crippen molar-refractivity contribution in [2.45, 2.75) is 32.0 Å². The lowest BCUT2D eigenvalue weighted by Crippen LogP contribution is -2.44. The van der Waals surface area contributed by atoms with E-state index in [1.165, 1.54) is 0 Å². The van der Waals surface area contributed by atoms with E-state index in [4.69, 9.17) is 5.73 Å². The van der Waals surface area contributed by atoms with Crippen LogP contribution in [0.4, 0.5) is 13.2 Å². The fourth-order valence-electron chi connectivity index (χ4n) is 0.802. The zero-order valence-corrected chi connectivity index (χ0v) is 8.34. The van der Waals surface area contributed by atoms with Crippen LogP contribution in [-0.2, 0) is 4.79 Å². The fourth-order valence-corrected chi connectivity index (χ4v) is 1.03. The van der Waals surface area contributed by atoms with Gasteiger partial charge in [-0.05, 0) is 6.42 Å². The average Bonchev–Trinajstić information content (AvgIpc) is 1.96. The molecule has 0 rings (SSSR count). The van der Waals surface area contributed by atoms with Crippen molar-refractivity contribution in [2.24, 2.45) is 5.73 Å². The minimum atomic E-state index is -4.50. The van der Waals surface area contributed by atoms with Crippen LogP contribution in [0, 0.1) is 0 Å². The maximum Gasteiger partial charge on any atom is 0.397 e. The number of carbonyl (C=O) groups excluding carboxylic acids is 1. The molecule has 7 heteroatoms. The maximum absolute atomic E-state index is 11.7. The van der Waals surface area contributed by atoms with Gasteiger partial charge in [-0.1, -0.05) is 19.1 Å². The predicted octanol–water partition coefficient (Wildman–Crippen LogP) is 1.12. The first kappa shape index (κ1) is 13.2. The number of thiocarbonyl (C=S) groups is 1. The molecule has 3 nitrogen and oxygen atoms in total. The number of alkyl halides is 3. The maximum atomic E-state index is 11.7. The van der Waals surface area contributed by atoms with Gasteiger partial charge in [0.25, 0.3) is 0 Å². The van der Waals surface area contributed by atoms with E-state index in [2.05, 4.69) is 17.5 Å². The Morgan fingerprint density at radius 2 is 2.07 bits per heavy atom. The predicted molar refractivity (Wildman–Crippen MR) is 49.7 cm³/mol. The normalized spacial score (nSPS) is 13.4. The topological polar surface area (TPSA) is 55.1 Å². The van der Waals surface area contributed by atoms with Gasteiger partial charge >= 0.3 is 6.18 Å². The lowest BCUT2D eigenvalue weighted by Gasteiger charge is -2.15. The Morgan fingerprint density at radius 1 is 1.57 bits per heavy atom. The highest BCUT2D eigenvalue weighted by Gasteiger charge is 2.31. The number of rotatable bonds is 4. The van der Waals surface area contributed by atoms with Gasteiger partial charge < -0.3 is 11.1 Å². The summed E-state index contributed by atoms with van der Waals surface area (Å²) in [7, 11) is 0. The van der Waals surface area contributed by atoms with Crippen LogP contribution in [0.25, 0.3) is 0 Å². The highest BCUT2D eigenvalue weighted by molar-refractivity contribution is 7.80. The molecule has 1 atom stereocenters. The van der Waals surface area contributed by atoms with Gasteiger partial charge in [-0.2, -0.15) is 13.2 Å². The number of hydrogen-bond acceptors (Lipinski definition) is 2. The van der Waals surface area contributed by atoms with Crippen molar-refractivity contribution in [3.8, 4) is 0 Å². The van der Waals surface area contributed by atoms with Crippen molar-refractivity contribution in [2.75, 3.05) is 0 Å². The third kappa shape index (κ3) is 5.74. The van der Waals surface area contributed by atoms with Gasteiger partial charge in [0, 0.05) is 0 Å². The first-order chi connectivity index (χ1) is 6.26. The standard InChI is InChI=1S/C7H11F3N2OS/c1-2-4(6(11)14)12-5(13)3-7(8,9)10/h4H,2-3H2,1H3,(H2,11,14)(H,12,13). The molecule has 0 aliphatic heterocycles. The summed E-state index contributed by atoms with van der Waals surface area (Å²) >= 11 is 4.56. The van der Waals surface area contributed by atoms with Crippen molar-refractivity contribution in [3.05, 3.63) is 0 Å². The molecule has 0 aliphatic carbocycles. The van der Waals surface area contributed by atoms with E-state index in [-0.39, 0.29) is 4.99 Å². The second kappa shape index (κ2) is 5.14. The van der Waals surface area contributed by atoms with E-state index in [0.29, 0.717) is 6.42 Å². The van der Waals surface area contributed by atoms with Crippen LogP contribution < -0.4 is 11.1 Å². The van der Waals surface area contributed by atoms with E-state index in [9.17, 15) is 18.0 Å². The minimum Gasteiger partial charge on any atom is -0.392 e. The van der Waals surface area contributed by atoms with Crippen LogP contribution in [0.1, 0.15) is 19.8 Å². The van der Waals surface area contributed by atoms with Crippen LogP contribution in [0.2, 0.25) is 0 Å². The van der Waals surface area contributed by atoms with Crippen LogP contribution in [-0.4, -0.2) is 23.1 Å². The Hall–Kier alpha value is -0.850. The van der Waals surface area contributed by atoms with E-state index in [0.717, 1.165) is 0 Å². The molecule has 0 aromatic rings. The summed E-state index contributed by atoms with van der Waals surface area (Å²) in [5, 5.41) is 2.10. The Bertz CT molecular complexity index is 229. The van der Waals surface area contributed by atoms with Gasteiger partial charge in [0.15, 0.2) is 0 Å². The molecule has 82 valence electrons. The van der Waals surface area contributed by atoms with Crippen molar-refractivity contribution in [1.82, 2.24) is 5.32 Å². The average molecular weight is 228 g/mol. The van der Waals surface area contributed by atoms with Crippen LogP contribution in [0.5, 0.6) is 0 Å². The van der Waals surface area contributed by atoms with Gasteiger partial charge in [-0.25, -0.2) is 0 Å². The van der Waals surface area contributed by atoms with Crippen molar-refractivity contribution in [3.63, 3.8) is 0 Å². The third-order valence-corrected chi connectivity index (χ3v) is 1.73. The SMILES string of the molecule is CCC(NC(=O)CC(F)(F)F)C(N)=S. The Kier molecular flexibility index (Phi) is 4.82. The van der Waals surface area contributed by atoms with Gasteiger partial charge in [-0.3, -0.25) is 4.79 Å². The highest BCUT2D eigenvalue weighted by Crippen LogP contribution is 2.19. The molecule has 0 fully saturated rings. The second-order valence-corrected chi connectivity index (χ2v) is 3.19. The molecule has 0 spiro atoms. The zero-order chi connectivity index (χ0) is 11.4. The van der Waals surface area contributed by atoms with E-state index in [1.807, 2.05) is 0 Å². The third-order valence-electron chi connectivity index (χ3n) is 1.45. The molecule has 0 aromatic carbocycles. The van der Waals surface area contributed by atoms with Crippen molar-refractivity contribution < 1.29 is 18.0 Å². The lowest BCUT2D eigenvalue weighted by molar-refractivity contribution is -0.153. The van der Waals surface area contributed by atoms with Crippen LogP contribution >= 0.6 is 12.2 Å². The molecule has 3 N–H and O–H groups in total. The minimum absolute atomic E-state index is 0.0111. The molecule has 0 saturated heterocycles. The molecule has 14 heavy (non-hydrogen) atoms. The van der Waals surface area contributed by atoms with E-state index in [1.54, 1.807) is 6.92 Å². The summed E-state index contributed by atoms with van der Waals surface area (Å²) in [5.74, 6) is -1.11. The number of hydrogen-bond donors (Lipinski definition) is 2. The summed E-state index contributed by atoms with van der Waals surface area (Å²) in [6.07, 6.45) is -5.64. The Morgan fingerprint density at radius 3 is 2.36 bits per heavy atom. The van der Waals surface area contributed by atoms with Crippen molar-refractivity contribution >= 4 is 23.1 Å². The van der Waals surface area contributed by atoms with Gasteiger partial charge in [0.05, 0.1) is 11.0 Å². The number of amides is 1. The molecule has 1 unspecified atom stereocenters. The van der Waals surface area contributed by atoms with Gasteiger partial charge in [0.1, 0.15) is 6.42 Å². The Labute approximate surface area is 84.8 Å². The van der Waals surface area contributed by atoms with Gasteiger partial charge in [0.2, 0.25) is 5.91 Å². The van der Waals surface area contributed by atoms with Gasteiger partial charge in [-0.15, -0.1) is 0 Å². The number of nitrogens with one attached hydrogen (secondary N) is 1. The summed E-state index contributed by atoms with van der Waals surface area (Å²) in [5.41, 5.74) is 5.19. The molecular formula is C7H11F3N2OS. The summed E-state index contributed by atoms with van der Waals surface area (Å²) in [6.45, 7) is 1.66. The van der Waals surface area contributed by atoms with Crippen LogP contribution in [0.3, 0.4) is 0 Å². The van der Waals surface area contributed by atoms with Crippen molar-refractivity contribution in [1.29, 1.82) is 0 Å². The summed E-state index contributed by atoms with van der Waals surface area (Å²) in [6, 6.07) is -0.667. The largest absolute Gasteiger partial charge is 0.397 e. The molecule has 0 heterocycles. The first-order valence-electron chi connectivity index (χ1n) is 3.91. The van der Waals surface area contributed by atoms with Crippen LogP contribution in [0.15, 0.2) is 0 Å². The van der Waals surface area contributed by atoms with E-state index < -0.39 is 24.5 Å². The second-order valence-electron chi connectivity index (χ2n) is 2.72. The number of carbonyl (C=O) groups is 1. The quantitative estimate of drug-likeness (QED) is 0.709. The fraction of sp³-hybridized carbons (Fsp3) is 0.714. The molecule has 1 amide bonds. The van der Waals surface area contributed by atoms with E-state index >= 15 is 0 Å². The molecule has 0 aliphatic rings. The monoisotopic (exact) mass is 228 g/mol. The summed E-state index contributed by atoms with van der Waals surface area (Å²) < 4.78 is 35.2. The summed E-state index contributed by atoms with van der Waals surface area (Å²) in [4.78, 5) is 10.8. The molecule has 0 aromatic heterocycles. The Balaban J connectivity index is 4.11. The molecule has 0 bridgehead atoms. The lowest BCUT2D eigenvalue weighted by atomic mass is 10.2. The molecular weight excluding hydrogens is 217 g/mol. The molecule has 0 radical (unpaired) electrons. The first-order valence-corrected chi connectivity index (χ1v) is 4.32. The number of halogens is 3. The zero-order valence-electron chi connectivity index (χ0n) is 7.52. The molecule has 0 saturated carbocycles. The smallest absolute Gasteiger partial charge is 0.392 e.